The first-order valence-corrected chi connectivity index (χ1v) is 9.36. The summed E-state index contributed by atoms with van der Waals surface area (Å²) in [5.41, 5.74) is 0.710. The van der Waals surface area contributed by atoms with E-state index in [1.54, 1.807) is 7.11 Å². The lowest BCUT2D eigenvalue weighted by molar-refractivity contribution is -0.138. The maximum Gasteiger partial charge on any atom is 0.225 e. The van der Waals surface area contributed by atoms with Gasteiger partial charge in [0.15, 0.2) is 5.78 Å². The van der Waals surface area contributed by atoms with Crippen molar-refractivity contribution in [1.82, 2.24) is 9.80 Å². The van der Waals surface area contributed by atoms with E-state index in [0.29, 0.717) is 18.0 Å². The van der Waals surface area contributed by atoms with Crippen LogP contribution in [0, 0.1) is 5.92 Å². The van der Waals surface area contributed by atoms with Crippen LogP contribution in [0.2, 0.25) is 0 Å². The molecule has 25 heavy (non-hydrogen) atoms. The second-order valence-corrected chi connectivity index (χ2v) is 7.09. The molecule has 0 bridgehead atoms. The van der Waals surface area contributed by atoms with Gasteiger partial charge in [0, 0.05) is 37.7 Å². The molecule has 1 saturated heterocycles. The minimum absolute atomic E-state index is 0.120. The van der Waals surface area contributed by atoms with Crippen molar-refractivity contribution in [1.29, 1.82) is 0 Å². The zero-order chi connectivity index (χ0) is 17.6. The molecule has 0 atom stereocenters. The average molecular weight is 344 g/mol. The van der Waals surface area contributed by atoms with Crippen molar-refractivity contribution >= 4 is 11.7 Å². The fourth-order valence-electron chi connectivity index (χ4n) is 3.81. The summed E-state index contributed by atoms with van der Waals surface area (Å²) in [5, 5.41) is 0. The Morgan fingerprint density at radius 1 is 1.00 bits per heavy atom. The molecule has 1 amide bonds. The van der Waals surface area contributed by atoms with Gasteiger partial charge in [0.25, 0.3) is 0 Å². The van der Waals surface area contributed by atoms with Crippen LogP contribution in [0.25, 0.3) is 0 Å². The van der Waals surface area contributed by atoms with Gasteiger partial charge in [0.1, 0.15) is 5.75 Å². The summed E-state index contributed by atoms with van der Waals surface area (Å²) in [6.45, 7) is 3.45. The van der Waals surface area contributed by atoms with Crippen LogP contribution < -0.4 is 4.74 Å². The summed E-state index contributed by atoms with van der Waals surface area (Å²) < 4.78 is 5.12. The van der Waals surface area contributed by atoms with Gasteiger partial charge in [-0.05, 0) is 37.1 Å². The van der Waals surface area contributed by atoms with E-state index >= 15 is 0 Å². The molecule has 1 aromatic rings. The summed E-state index contributed by atoms with van der Waals surface area (Å²) in [4.78, 5) is 29.2. The van der Waals surface area contributed by atoms with Gasteiger partial charge in [0.05, 0.1) is 13.7 Å². The number of amides is 1. The van der Waals surface area contributed by atoms with Crippen molar-refractivity contribution in [3.05, 3.63) is 29.8 Å². The number of carbonyl (C=O) groups is 2. The zero-order valence-electron chi connectivity index (χ0n) is 15.1. The molecule has 136 valence electrons. The molecule has 1 aromatic carbocycles. The maximum atomic E-state index is 12.6. The first kappa shape index (κ1) is 17.9. The van der Waals surface area contributed by atoms with Gasteiger partial charge in [-0.15, -0.1) is 0 Å². The smallest absolute Gasteiger partial charge is 0.225 e. The minimum atomic E-state index is 0.120. The summed E-state index contributed by atoms with van der Waals surface area (Å²) in [6.07, 6.45) is 5.74. The van der Waals surface area contributed by atoms with Crippen molar-refractivity contribution in [2.24, 2.45) is 5.92 Å². The number of methoxy groups -OCH3 is 1. The molecule has 5 nitrogen and oxygen atoms in total. The molecule has 2 fully saturated rings. The lowest BCUT2D eigenvalue weighted by atomic mass is 9.88. The molecule has 3 rings (SSSR count). The average Bonchev–Trinajstić information content (AvgIpc) is 2.68. The number of carbonyl (C=O) groups excluding carboxylic acids is 2. The normalized spacial score (nSPS) is 19.6. The van der Waals surface area contributed by atoms with Crippen LogP contribution in [-0.4, -0.2) is 61.3 Å². The van der Waals surface area contributed by atoms with Gasteiger partial charge in [-0.2, -0.15) is 0 Å². The monoisotopic (exact) mass is 344 g/mol. The predicted molar refractivity (Wildman–Crippen MR) is 96.9 cm³/mol. The van der Waals surface area contributed by atoms with Gasteiger partial charge in [-0.1, -0.05) is 19.3 Å². The van der Waals surface area contributed by atoms with Crippen LogP contribution in [0.5, 0.6) is 5.75 Å². The van der Waals surface area contributed by atoms with Crippen LogP contribution in [0.15, 0.2) is 24.3 Å². The number of ketones is 1. The fraction of sp³-hybridized carbons (Fsp3) is 0.600. The van der Waals surface area contributed by atoms with Gasteiger partial charge in [-0.3, -0.25) is 14.5 Å². The Morgan fingerprint density at radius 3 is 2.24 bits per heavy atom. The third-order valence-corrected chi connectivity index (χ3v) is 5.42. The van der Waals surface area contributed by atoms with Gasteiger partial charge in [-0.25, -0.2) is 0 Å². The topological polar surface area (TPSA) is 49.9 Å². The number of hydrogen-bond acceptors (Lipinski definition) is 4. The number of Topliss-reactive ketones (excluding diaryl/α,β-unsaturated/α-hetero) is 1. The molecule has 0 unspecified atom stereocenters. The molecular weight excluding hydrogens is 316 g/mol. The molecule has 5 heteroatoms. The largest absolute Gasteiger partial charge is 0.497 e. The van der Waals surface area contributed by atoms with Crippen LogP contribution >= 0.6 is 0 Å². The molecule has 1 saturated carbocycles. The van der Waals surface area contributed by atoms with Crippen molar-refractivity contribution in [3.63, 3.8) is 0 Å². The Morgan fingerprint density at radius 2 is 1.64 bits per heavy atom. The standard InChI is InChI=1S/C20H28N2O3/c1-25-18-9-7-16(8-10-18)19(23)15-21-11-13-22(14-12-21)20(24)17-5-3-2-4-6-17/h7-10,17H,2-6,11-15H2,1H3. The molecule has 0 spiro atoms. The number of nitrogens with zero attached hydrogens (tertiary/aromatic N) is 2. The van der Waals surface area contributed by atoms with Gasteiger partial charge >= 0.3 is 0 Å². The van der Waals surface area contributed by atoms with Crippen molar-refractivity contribution in [2.45, 2.75) is 32.1 Å². The third-order valence-electron chi connectivity index (χ3n) is 5.42. The quantitative estimate of drug-likeness (QED) is 0.771. The number of ether oxygens (including phenoxy) is 1. The highest BCUT2D eigenvalue weighted by molar-refractivity contribution is 5.97. The molecule has 2 aliphatic rings. The number of rotatable bonds is 5. The lowest BCUT2D eigenvalue weighted by Crippen LogP contribution is -2.51. The van der Waals surface area contributed by atoms with Crippen LogP contribution in [0.3, 0.4) is 0 Å². The minimum Gasteiger partial charge on any atom is -0.497 e. The summed E-state index contributed by atoms with van der Waals surface area (Å²) in [6, 6.07) is 7.25. The van der Waals surface area contributed by atoms with E-state index in [1.165, 1.54) is 19.3 Å². The van der Waals surface area contributed by atoms with E-state index in [9.17, 15) is 9.59 Å². The van der Waals surface area contributed by atoms with Gasteiger partial charge in [0.2, 0.25) is 5.91 Å². The Kier molecular flexibility index (Phi) is 6.08. The molecule has 1 aliphatic heterocycles. The summed E-state index contributed by atoms with van der Waals surface area (Å²) in [5.74, 6) is 1.45. The number of benzene rings is 1. The van der Waals surface area contributed by atoms with Crippen LogP contribution in [0.1, 0.15) is 42.5 Å². The van der Waals surface area contributed by atoms with Crippen molar-refractivity contribution in [3.8, 4) is 5.75 Å². The lowest BCUT2D eigenvalue weighted by Gasteiger charge is -2.36. The Labute approximate surface area is 149 Å². The van der Waals surface area contributed by atoms with Crippen LogP contribution in [-0.2, 0) is 4.79 Å². The number of piperazine rings is 1. The van der Waals surface area contributed by atoms with E-state index in [4.69, 9.17) is 4.74 Å². The third kappa shape index (κ3) is 4.60. The molecule has 1 heterocycles. The van der Waals surface area contributed by atoms with E-state index in [0.717, 1.165) is 44.8 Å². The van der Waals surface area contributed by atoms with Crippen molar-refractivity contribution in [2.75, 3.05) is 39.8 Å². The highest BCUT2D eigenvalue weighted by Crippen LogP contribution is 2.25. The first-order valence-electron chi connectivity index (χ1n) is 9.36. The fourth-order valence-corrected chi connectivity index (χ4v) is 3.81. The van der Waals surface area contributed by atoms with Crippen molar-refractivity contribution < 1.29 is 14.3 Å². The first-order chi connectivity index (χ1) is 12.2. The molecular formula is C20H28N2O3. The van der Waals surface area contributed by atoms with Crippen LogP contribution in [0.4, 0.5) is 0 Å². The Bertz CT molecular complexity index is 585. The molecule has 0 aromatic heterocycles. The second-order valence-electron chi connectivity index (χ2n) is 7.09. The zero-order valence-corrected chi connectivity index (χ0v) is 15.1. The highest BCUT2D eigenvalue weighted by atomic mass is 16.5. The summed E-state index contributed by atoms with van der Waals surface area (Å²) in [7, 11) is 1.62. The Balaban J connectivity index is 1.46. The molecule has 0 N–H and O–H groups in total. The second kappa shape index (κ2) is 8.48. The summed E-state index contributed by atoms with van der Waals surface area (Å²) >= 11 is 0. The molecule has 0 radical (unpaired) electrons. The molecule has 1 aliphatic carbocycles. The van der Waals surface area contributed by atoms with Gasteiger partial charge < -0.3 is 9.64 Å². The highest BCUT2D eigenvalue weighted by Gasteiger charge is 2.28. The van der Waals surface area contributed by atoms with E-state index < -0.39 is 0 Å². The van der Waals surface area contributed by atoms with E-state index in [-0.39, 0.29) is 11.7 Å². The van der Waals surface area contributed by atoms with E-state index in [1.807, 2.05) is 29.2 Å². The SMILES string of the molecule is COc1ccc(C(=O)CN2CCN(C(=O)C3CCCCC3)CC2)cc1. The maximum absolute atomic E-state index is 12.6. The van der Waals surface area contributed by atoms with E-state index in [2.05, 4.69) is 4.90 Å². The predicted octanol–water partition coefficient (Wildman–Crippen LogP) is 2.60. The number of hydrogen-bond donors (Lipinski definition) is 0. The Hall–Kier alpha value is -1.88.